The Morgan fingerprint density at radius 3 is 2.44 bits per heavy atom. The van der Waals surface area contributed by atoms with E-state index >= 15 is 0 Å². The zero-order chi connectivity index (χ0) is 12.3. The number of hydrogen-bond acceptors (Lipinski definition) is 4. The van der Waals surface area contributed by atoms with Gasteiger partial charge in [-0.05, 0) is 19.3 Å². The van der Waals surface area contributed by atoms with Gasteiger partial charge < -0.3 is 10.5 Å². The summed E-state index contributed by atoms with van der Waals surface area (Å²) in [6.45, 7) is 9.05. The van der Waals surface area contributed by atoms with Crippen LogP contribution in [0.3, 0.4) is 0 Å². The van der Waals surface area contributed by atoms with E-state index in [0.29, 0.717) is 12.5 Å². The predicted octanol–water partition coefficient (Wildman–Crippen LogP) is 3.00. The molecule has 1 aromatic heterocycles. The van der Waals surface area contributed by atoms with Crippen molar-refractivity contribution < 1.29 is 4.74 Å². The summed E-state index contributed by atoms with van der Waals surface area (Å²) in [6, 6.07) is 0. The fraction of sp³-hybridized carbons (Fsp3) is 0.750. The minimum atomic E-state index is -0.276. The molecule has 4 heteroatoms. The third-order valence-electron chi connectivity index (χ3n) is 3.04. The highest BCUT2D eigenvalue weighted by Gasteiger charge is 2.29. The van der Waals surface area contributed by atoms with E-state index in [0.717, 1.165) is 17.1 Å². The van der Waals surface area contributed by atoms with Crippen molar-refractivity contribution in [2.75, 3.05) is 7.11 Å². The molecule has 1 aromatic rings. The second kappa shape index (κ2) is 5.25. The molecule has 0 radical (unpaired) electrons. The molecule has 0 fully saturated rings. The van der Waals surface area contributed by atoms with Gasteiger partial charge in [-0.1, -0.05) is 20.8 Å². The van der Waals surface area contributed by atoms with E-state index in [1.54, 1.807) is 18.4 Å². The van der Waals surface area contributed by atoms with Crippen molar-refractivity contribution in [2.24, 2.45) is 5.73 Å². The number of methoxy groups -OCH3 is 1. The van der Waals surface area contributed by atoms with Crippen molar-refractivity contribution in [1.82, 2.24) is 4.98 Å². The Balaban J connectivity index is 3.16. The lowest BCUT2D eigenvalue weighted by Gasteiger charge is -2.23. The van der Waals surface area contributed by atoms with Crippen molar-refractivity contribution in [1.29, 1.82) is 0 Å². The van der Waals surface area contributed by atoms with Crippen molar-refractivity contribution in [2.45, 2.75) is 52.2 Å². The van der Waals surface area contributed by atoms with Crippen LogP contribution in [-0.4, -0.2) is 12.1 Å². The summed E-state index contributed by atoms with van der Waals surface area (Å²) in [5.41, 5.74) is 6.61. The van der Waals surface area contributed by atoms with Gasteiger partial charge in [0, 0.05) is 18.5 Å². The Kier molecular flexibility index (Phi) is 4.47. The second-order valence-corrected chi connectivity index (χ2v) is 5.56. The minimum absolute atomic E-state index is 0.276. The van der Waals surface area contributed by atoms with Gasteiger partial charge in [0.2, 0.25) is 0 Å². The van der Waals surface area contributed by atoms with Crippen LogP contribution in [0, 0.1) is 0 Å². The lowest BCUT2D eigenvalue weighted by atomic mass is 10.0. The second-order valence-electron chi connectivity index (χ2n) is 4.47. The highest BCUT2D eigenvalue weighted by atomic mass is 32.1. The first kappa shape index (κ1) is 13.6. The predicted molar refractivity (Wildman–Crippen MR) is 68.7 cm³/mol. The van der Waals surface area contributed by atoms with E-state index in [1.165, 1.54) is 4.88 Å². The molecule has 1 unspecified atom stereocenters. The standard InChI is InChI=1S/C12H22N2OS/c1-6-12(4,15-5)11-14-10(8(2)3)9(7-13)16-11/h8H,6-7,13H2,1-5H3. The van der Waals surface area contributed by atoms with Crippen LogP contribution in [0.5, 0.6) is 0 Å². The van der Waals surface area contributed by atoms with Gasteiger partial charge in [0.1, 0.15) is 10.6 Å². The molecule has 0 aromatic carbocycles. The smallest absolute Gasteiger partial charge is 0.125 e. The summed E-state index contributed by atoms with van der Waals surface area (Å²) in [5, 5.41) is 1.04. The first-order valence-corrected chi connectivity index (χ1v) is 6.55. The van der Waals surface area contributed by atoms with Crippen LogP contribution in [0.15, 0.2) is 0 Å². The molecular formula is C12H22N2OS. The largest absolute Gasteiger partial charge is 0.371 e. The summed E-state index contributed by atoms with van der Waals surface area (Å²) in [5.74, 6) is 0.418. The number of nitrogens with two attached hydrogens (primary N) is 1. The van der Waals surface area contributed by atoms with Gasteiger partial charge in [-0.3, -0.25) is 0 Å². The van der Waals surface area contributed by atoms with Crippen molar-refractivity contribution in [3.8, 4) is 0 Å². The summed E-state index contributed by atoms with van der Waals surface area (Å²) in [6.07, 6.45) is 0.915. The normalized spacial score (nSPS) is 15.4. The van der Waals surface area contributed by atoms with Crippen LogP contribution in [0.2, 0.25) is 0 Å². The lowest BCUT2D eigenvalue weighted by molar-refractivity contribution is -0.00168. The van der Waals surface area contributed by atoms with Crippen molar-refractivity contribution >= 4 is 11.3 Å². The molecule has 92 valence electrons. The van der Waals surface area contributed by atoms with E-state index in [4.69, 9.17) is 15.5 Å². The molecule has 0 amide bonds. The average molecular weight is 242 g/mol. The molecule has 0 aliphatic heterocycles. The molecule has 0 aliphatic carbocycles. The van der Waals surface area contributed by atoms with Gasteiger partial charge in [-0.15, -0.1) is 11.3 Å². The van der Waals surface area contributed by atoms with E-state index in [9.17, 15) is 0 Å². The highest BCUT2D eigenvalue weighted by Crippen LogP contribution is 2.35. The Bertz CT molecular complexity index is 343. The van der Waals surface area contributed by atoms with Crippen molar-refractivity contribution in [3.05, 3.63) is 15.6 Å². The summed E-state index contributed by atoms with van der Waals surface area (Å²) in [4.78, 5) is 5.89. The van der Waals surface area contributed by atoms with Gasteiger partial charge in [-0.2, -0.15) is 0 Å². The molecule has 0 saturated carbocycles. The molecule has 0 spiro atoms. The molecule has 2 N–H and O–H groups in total. The zero-order valence-electron chi connectivity index (χ0n) is 10.8. The van der Waals surface area contributed by atoms with Crippen LogP contribution in [0.25, 0.3) is 0 Å². The SMILES string of the molecule is CCC(C)(OC)c1nc(C(C)C)c(CN)s1. The third kappa shape index (κ3) is 2.44. The number of ether oxygens (including phenoxy) is 1. The molecular weight excluding hydrogens is 220 g/mol. The van der Waals surface area contributed by atoms with Crippen LogP contribution < -0.4 is 5.73 Å². The maximum atomic E-state index is 5.76. The maximum absolute atomic E-state index is 5.76. The Hall–Kier alpha value is -0.450. The van der Waals surface area contributed by atoms with E-state index in [2.05, 4.69) is 27.7 Å². The van der Waals surface area contributed by atoms with Gasteiger partial charge in [0.05, 0.1) is 5.69 Å². The molecule has 3 nitrogen and oxygen atoms in total. The van der Waals surface area contributed by atoms with Gasteiger partial charge in [-0.25, -0.2) is 4.98 Å². The first-order chi connectivity index (χ1) is 7.48. The summed E-state index contributed by atoms with van der Waals surface area (Å²) in [7, 11) is 1.74. The molecule has 0 aliphatic rings. The first-order valence-electron chi connectivity index (χ1n) is 5.73. The Labute approximate surface area is 102 Å². The van der Waals surface area contributed by atoms with Crippen molar-refractivity contribution in [3.63, 3.8) is 0 Å². The highest BCUT2D eigenvalue weighted by molar-refractivity contribution is 7.11. The molecule has 16 heavy (non-hydrogen) atoms. The quantitative estimate of drug-likeness (QED) is 0.863. The fourth-order valence-electron chi connectivity index (χ4n) is 1.57. The van der Waals surface area contributed by atoms with E-state index in [-0.39, 0.29) is 5.60 Å². The minimum Gasteiger partial charge on any atom is -0.371 e. The summed E-state index contributed by atoms with van der Waals surface area (Å²) < 4.78 is 5.57. The topological polar surface area (TPSA) is 48.1 Å². The lowest BCUT2D eigenvalue weighted by Crippen LogP contribution is -2.22. The Morgan fingerprint density at radius 2 is 2.12 bits per heavy atom. The zero-order valence-corrected chi connectivity index (χ0v) is 11.6. The molecule has 1 atom stereocenters. The number of hydrogen-bond donors (Lipinski definition) is 1. The third-order valence-corrected chi connectivity index (χ3v) is 4.38. The number of thiazole rings is 1. The van der Waals surface area contributed by atoms with Crippen LogP contribution in [0.1, 0.15) is 55.6 Å². The average Bonchev–Trinajstić information content (AvgIpc) is 2.72. The molecule has 0 bridgehead atoms. The maximum Gasteiger partial charge on any atom is 0.125 e. The number of rotatable bonds is 5. The molecule has 0 saturated heterocycles. The van der Waals surface area contributed by atoms with E-state index in [1.807, 2.05) is 0 Å². The fourth-order valence-corrected chi connectivity index (χ4v) is 2.86. The number of nitrogens with zero attached hydrogens (tertiary/aromatic N) is 1. The Morgan fingerprint density at radius 1 is 1.50 bits per heavy atom. The van der Waals surface area contributed by atoms with Crippen LogP contribution >= 0.6 is 11.3 Å². The molecule has 1 heterocycles. The van der Waals surface area contributed by atoms with Gasteiger partial charge >= 0.3 is 0 Å². The molecule has 1 rings (SSSR count). The van der Waals surface area contributed by atoms with E-state index < -0.39 is 0 Å². The van der Waals surface area contributed by atoms with Crippen LogP contribution in [-0.2, 0) is 16.9 Å². The monoisotopic (exact) mass is 242 g/mol. The number of aromatic nitrogens is 1. The van der Waals surface area contributed by atoms with Gasteiger partial charge in [0.25, 0.3) is 0 Å². The van der Waals surface area contributed by atoms with Gasteiger partial charge in [0.15, 0.2) is 0 Å². The summed E-state index contributed by atoms with van der Waals surface area (Å²) >= 11 is 1.68. The van der Waals surface area contributed by atoms with Crippen LogP contribution in [0.4, 0.5) is 0 Å².